The third-order valence-corrected chi connectivity index (χ3v) is 1.58. The van der Waals surface area contributed by atoms with Gasteiger partial charge >= 0.3 is 16.4 Å². The van der Waals surface area contributed by atoms with Crippen molar-refractivity contribution in [3.8, 4) is 0 Å². The Hall–Kier alpha value is -1.00. The predicted octanol–water partition coefficient (Wildman–Crippen LogP) is -1.18. The Labute approximate surface area is 93.6 Å². The fraction of sp³-hybridized carbons (Fsp3) is 0.571. The van der Waals surface area contributed by atoms with Crippen molar-refractivity contribution in [2.45, 2.75) is 19.3 Å². The fourth-order valence-corrected chi connectivity index (χ4v) is 0.301. The quantitative estimate of drug-likeness (QED) is 0.248. The summed E-state index contributed by atoms with van der Waals surface area (Å²) in [7, 11) is -3.29. The van der Waals surface area contributed by atoms with Gasteiger partial charge in [-0.2, -0.15) is 8.42 Å². The first-order valence-corrected chi connectivity index (χ1v) is 5.30. The largest absolute Gasteiger partial charge is 0.455 e. The van der Waals surface area contributed by atoms with Gasteiger partial charge in [0, 0.05) is 6.08 Å². The van der Waals surface area contributed by atoms with Gasteiger partial charge in [0.15, 0.2) is 0 Å². The Bertz CT molecular complexity index is 311. The molecule has 4 N–H and O–H groups in total. The van der Waals surface area contributed by atoms with E-state index >= 15 is 0 Å². The van der Waals surface area contributed by atoms with Crippen LogP contribution in [0.2, 0.25) is 0 Å². The van der Waals surface area contributed by atoms with Crippen LogP contribution in [0.15, 0.2) is 12.7 Å². The molecular formula is C7H15NO7S. The van der Waals surface area contributed by atoms with E-state index in [1.807, 2.05) is 0 Å². The highest BCUT2D eigenvalue weighted by Gasteiger charge is 2.11. The number of rotatable bonds is 4. The normalized spacial score (nSPS) is 14.1. The summed E-state index contributed by atoms with van der Waals surface area (Å²) in [5, 5.41) is 8.63. The molecule has 0 aromatic heterocycles. The molecule has 9 heteroatoms. The Morgan fingerprint density at radius 3 is 2.12 bits per heavy atom. The van der Waals surface area contributed by atoms with Gasteiger partial charge < -0.3 is 15.6 Å². The minimum Gasteiger partial charge on any atom is -0.455 e. The van der Waals surface area contributed by atoms with E-state index in [9.17, 15) is 13.2 Å². The molecule has 0 aromatic rings. The maximum atomic E-state index is 10.4. The monoisotopic (exact) mass is 257 g/mol. The zero-order valence-corrected chi connectivity index (χ0v) is 9.68. The molecular weight excluding hydrogens is 242 g/mol. The first-order chi connectivity index (χ1) is 7.14. The van der Waals surface area contributed by atoms with Crippen LogP contribution in [0.4, 0.5) is 0 Å². The van der Waals surface area contributed by atoms with Crippen LogP contribution in [-0.4, -0.2) is 43.5 Å². The lowest BCUT2D eigenvalue weighted by atomic mass is 10.4. The molecule has 0 heterocycles. The number of ether oxygens (including phenoxy) is 1. The average molecular weight is 257 g/mol. The maximum absolute atomic E-state index is 10.4. The second kappa shape index (κ2) is 8.19. The lowest BCUT2D eigenvalue weighted by Gasteiger charge is -2.13. The van der Waals surface area contributed by atoms with Crippen molar-refractivity contribution < 1.29 is 31.8 Å². The number of aliphatic hydroxyl groups excluding tert-OH is 1. The van der Waals surface area contributed by atoms with Crippen molar-refractivity contribution in [2.75, 3.05) is 7.11 Å². The highest BCUT2D eigenvalue weighted by Crippen LogP contribution is 1.93. The summed E-state index contributed by atoms with van der Waals surface area (Å²) >= 11 is 0. The number of carbonyl (C=O) groups is 1. The van der Waals surface area contributed by atoms with Gasteiger partial charge in [-0.15, -0.1) is 0 Å². The first kappa shape index (κ1) is 17.4. The topological polar surface area (TPSA) is 136 Å². The van der Waals surface area contributed by atoms with Crippen LogP contribution in [0.3, 0.4) is 0 Å². The van der Waals surface area contributed by atoms with E-state index in [1.54, 1.807) is 0 Å². The minimum atomic E-state index is -4.16. The van der Waals surface area contributed by atoms with Crippen LogP contribution >= 0.6 is 0 Å². The third-order valence-electron chi connectivity index (χ3n) is 1.16. The van der Waals surface area contributed by atoms with Crippen LogP contribution in [0.5, 0.6) is 0 Å². The molecule has 0 aliphatic carbocycles. The Morgan fingerprint density at radius 1 is 1.56 bits per heavy atom. The number of hydrogen-bond donors (Lipinski definition) is 3. The van der Waals surface area contributed by atoms with Crippen molar-refractivity contribution in [1.82, 2.24) is 0 Å². The summed E-state index contributed by atoms with van der Waals surface area (Å²) in [5.41, 5.74) is 4.98. The number of nitrogens with two attached hydrogens (primary N) is 1. The number of esters is 1. The standard InChI is InChI=1S/C6H11NO3.CH4O4S/c1-3-5(8)10-4(2)6(7)9;1-5-6(2,3)4/h3-4,6,9H,1,7H2,2H3;1H3,(H,2,3,4). The molecule has 2 unspecified atom stereocenters. The zero-order valence-electron chi connectivity index (χ0n) is 8.86. The molecule has 0 bridgehead atoms. The van der Waals surface area contributed by atoms with Gasteiger partial charge in [0.05, 0.1) is 7.11 Å². The van der Waals surface area contributed by atoms with E-state index in [-0.39, 0.29) is 0 Å². The highest BCUT2D eigenvalue weighted by atomic mass is 32.3. The molecule has 0 aromatic carbocycles. The lowest BCUT2D eigenvalue weighted by Crippen LogP contribution is -2.35. The Kier molecular flexibility index (Phi) is 8.90. The van der Waals surface area contributed by atoms with Gasteiger partial charge in [0.1, 0.15) is 12.3 Å². The third kappa shape index (κ3) is 13.0. The Morgan fingerprint density at radius 2 is 1.94 bits per heavy atom. The smallest absolute Gasteiger partial charge is 0.397 e. The second-order valence-corrected chi connectivity index (χ2v) is 3.62. The molecule has 0 saturated heterocycles. The number of aliphatic hydroxyl groups is 1. The molecule has 8 nitrogen and oxygen atoms in total. The first-order valence-electron chi connectivity index (χ1n) is 3.93. The molecule has 0 saturated carbocycles. The van der Waals surface area contributed by atoms with Crippen LogP contribution in [0.25, 0.3) is 0 Å². The average Bonchev–Trinajstić information content (AvgIpc) is 2.17. The van der Waals surface area contributed by atoms with Crippen molar-refractivity contribution in [3.05, 3.63) is 12.7 Å². The van der Waals surface area contributed by atoms with E-state index in [1.165, 1.54) is 6.92 Å². The van der Waals surface area contributed by atoms with Gasteiger partial charge in [-0.3, -0.25) is 8.74 Å². The van der Waals surface area contributed by atoms with Gasteiger partial charge in [-0.05, 0) is 6.92 Å². The van der Waals surface area contributed by atoms with Crippen molar-refractivity contribution in [2.24, 2.45) is 5.73 Å². The predicted molar refractivity (Wildman–Crippen MR) is 54.5 cm³/mol. The molecule has 2 atom stereocenters. The van der Waals surface area contributed by atoms with Gasteiger partial charge in [-0.25, -0.2) is 4.79 Å². The molecule has 0 spiro atoms. The van der Waals surface area contributed by atoms with Crippen LogP contribution in [-0.2, 0) is 24.1 Å². The van der Waals surface area contributed by atoms with Crippen LogP contribution < -0.4 is 5.73 Å². The van der Waals surface area contributed by atoms with E-state index < -0.39 is 28.7 Å². The van der Waals surface area contributed by atoms with Gasteiger partial charge in [0.2, 0.25) is 0 Å². The summed E-state index contributed by atoms with van der Waals surface area (Å²) in [6, 6.07) is 0. The van der Waals surface area contributed by atoms with E-state index in [4.69, 9.17) is 15.4 Å². The Balaban J connectivity index is 0. The van der Waals surface area contributed by atoms with E-state index in [2.05, 4.69) is 15.5 Å². The molecule has 0 rings (SSSR count). The van der Waals surface area contributed by atoms with Gasteiger partial charge in [0.25, 0.3) is 0 Å². The molecule has 0 aliphatic heterocycles. The molecule has 0 fully saturated rings. The van der Waals surface area contributed by atoms with Crippen LogP contribution in [0.1, 0.15) is 6.92 Å². The molecule has 16 heavy (non-hydrogen) atoms. The number of carbonyl (C=O) groups excluding carboxylic acids is 1. The second-order valence-electron chi connectivity index (χ2n) is 2.43. The zero-order chi connectivity index (χ0) is 13.4. The van der Waals surface area contributed by atoms with Gasteiger partial charge in [-0.1, -0.05) is 6.58 Å². The van der Waals surface area contributed by atoms with Crippen LogP contribution in [0, 0.1) is 0 Å². The summed E-state index contributed by atoms with van der Waals surface area (Å²) in [5.74, 6) is -0.586. The maximum Gasteiger partial charge on any atom is 0.397 e. The highest BCUT2D eigenvalue weighted by molar-refractivity contribution is 7.80. The van der Waals surface area contributed by atoms with Crippen molar-refractivity contribution >= 4 is 16.4 Å². The van der Waals surface area contributed by atoms with E-state index in [0.717, 1.165) is 13.2 Å². The lowest BCUT2D eigenvalue weighted by molar-refractivity contribution is -0.147. The molecule has 0 aliphatic rings. The van der Waals surface area contributed by atoms with E-state index in [0.29, 0.717) is 0 Å². The molecule has 0 amide bonds. The van der Waals surface area contributed by atoms with Crippen molar-refractivity contribution in [1.29, 1.82) is 0 Å². The molecule has 0 radical (unpaired) electrons. The van der Waals surface area contributed by atoms with Crippen molar-refractivity contribution in [3.63, 3.8) is 0 Å². The summed E-state index contributed by atoms with van der Waals surface area (Å²) in [6.07, 6.45) is -0.812. The summed E-state index contributed by atoms with van der Waals surface area (Å²) in [6.45, 7) is 4.67. The number of hydrogen-bond acceptors (Lipinski definition) is 7. The summed E-state index contributed by atoms with van der Waals surface area (Å²) in [4.78, 5) is 10.4. The summed E-state index contributed by atoms with van der Waals surface area (Å²) < 4.78 is 34.2. The fourth-order valence-electron chi connectivity index (χ4n) is 0.301. The minimum absolute atomic E-state index is 0.586. The molecule has 96 valence electrons. The SMILES string of the molecule is C=CC(=O)OC(C)C(N)O.COS(=O)(=O)O.